The van der Waals surface area contributed by atoms with Gasteiger partial charge in [-0.25, -0.2) is 9.38 Å². The Morgan fingerprint density at radius 2 is 1.67 bits per heavy atom. The predicted molar refractivity (Wildman–Crippen MR) is 104 cm³/mol. The molecule has 2 aromatic rings. The second kappa shape index (κ2) is 10.3. The zero-order valence-electron chi connectivity index (χ0n) is 16.1. The number of nitrogens with one attached hydrogen (secondary N) is 2. The second-order valence-corrected chi connectivity index (χ2v) is 5.67. The summed E-state index contributed by atoms with van der Waals surface area (Å²) in [4.78, 5) is 4.55. The van der Waals surface area contributed by atoms with E-state index < -0.39 is 0 Å². The Balaban J connectivity index is 2.15. The molecule has 2 aromatic carbocycles. The number of halogens is 1. The van der Waals surface area contributed by atoms with Crippen molar-refractivity contribution in [1.82, 2.24) is 10.6 Å². The van der Waals surface area contributed by atoms with Crippen LogP contribution in [0.5, 0.6) is 17.2 Å². The van der Waals surface area contributed by atoms with E-state index in [-0.39, 0.29) is 5.82 Å². The average Bonchev–Trinajstić information content (AvgIpc) is 2.70. The number of guanidine groups is 1. The molecule has 6 nitrogen and oxygen atoms in total. The molecule has 7 heteroatoms. The highest BCUT2D eigenvalue weighted by Gasteiger charge is 2.13. The molecule has 0 amide bonds. The van der Waals surface area contributed by atoms with Gasteiger partial charge in [-0.1, -0.05) is 18.2 Å². The van der Waals surface area contributed by atoms with E-state index in [1.807, 2.05) is 19.1 Å². The summed E-state index contributed by atoms with van der Waals surface area (Å²) in [6.07, 6.45) is 0. The molecule has 0 aromatic heterocycles. The Hall–Kier alpha value is -2.96. The SMILES string of the molecule is CCNC(=NCc1cc(OC)c(OC)c(OC)c1)NCc1ccccc1F. The molecule has 0 atom stereocenters. The number of nitrogens with zero attached hydrogens (tertiary/aromatic N) is 1. The summed E-state index contributed by atoms with van der Waals surface area (Å²) in [5, 5.41) is 6.29. The van der Waals surface area contributed by atoms with E-state index in [9.17, 15) is 4.39 Å². The van der Waals surface area contributed by atoms with Crippen LogP contribution in [0, 0.1) is 5.82 Å². The number of rotatable bonds is 8. The number of methoxy groups -OCH3 is 3. The van der Waals surface area contributed by atoms with Crippen molar-refractivity contribution in [2.24, 2.45) is 4.99 Å². The molecule has 0 saturated carbocycles. The molecule has 2 N–H and O–H groups in total. The van der Waals surface area contributed by atoms with Gasteiger partial charge in [0.25, 0.3) is 0 Å². The van der Waals surface area contributed by atoms with Gasteiger partial charge in [0.2, 0.25) is 5.75 Å². The highest BCUT2D eigenvalue weighted by atomic mass is 19.1. The summed E-state index contributed by atoms with van der Waals surface area (Å²) < 4.78 is 29.8. The molecule has 0 aliphatic rings. The molecule has 0 heterocycles. The van der Waals surface area contributed by atoms with Gasteiger partial charge < -0.3 is 24.8 Å². The molecule has 27 heavy (non-hydrogen) atoms. The van der Waals surface area contributed by atoms with Gasteiger partial charge in [0.15, 0.2) is 17.5 Å². The van der Waals surface area contributed by atoms with Crippen LogP contribution in [0.25, 0.3) is 0 Å². The average molecular weight is 375 g/mol. The fraction of sp³-hybridized carbons (Fsp3) is 0.350. The topological polar surface area (TPSA) is 64.1 Å². The Kier molecular flexibility index (Phi) is 7.73. The van der Waals surface area contributed by atoms with E-state index in [0.29, 0.717) is 48.4 Å². The number of ether oxygens (including phenoxy) is 3. The lowest BCUT2D eigenvalue weighted by Crippen LogP contribution is -2.37. The van der Waals surface area contributed by atoms with Crippen molar-refractivity contribution >= 4 is 5.96 Å². The van der Waals surface area contributed by atoms with Crippen molar-refractivity contribution in [1.29, 1.82) is 0 Å². The van der Waals surface area contributed by atoms with E-state index in [2.05, 4.69) is 15.6 Å². The van der Waals surface area contributed by atoms with Crippen LogP contribution >= 0.6 is 0 Å². The third kappa shape index (κ3) is 5.51. The number of hydrogen-bond donors (Lipinski definition) is 2. The standard InChI is InChI=1S/C20H26FN3O3/c1-5-22-20(24-13-15-8-6-7-9-16(15)21)23-12-14-10-17(25-2)19(27-4)18(11-14)26-3/h6-11H,5,12-13H2,1-4H3,(H2,22,23,24). The third-order valence-corrected chi connectivity index (χ3v) is 3.89. The molecule has 0 radical (unpaired) electrons. The zero-order chi connectivity index (χ0) is 19.6. The van der Waals surface area contributed by atoms with E-state index in [1.165, 1.54) is 6.07 Å². The minimum Gasteiger partial charge on any atom is -0.493 e. The molecule has 0 unspecified atom stereocenters. The van der Waals surface area contributed by atoms with Crippen LogP contribution in [0.2, 0.25) is 0 Å². The quantitative estimate of drug-likeness (QED) is 0.548. The van der Waals surface area contributed by atoms with Gasteiger partial charge >= 0.3 is 0 Å². The van der Waals surface area contributed by atoms with Crippen molar-refractivity contribution in [3.63, 3.8) is 0 Å². The first-order valence-corrected chi connectivity index (χ1v) is 8.67. The van der Waals surface area contributed by atoms with Crippen LogP contribution < -0.4 is 24.8 Å². The first kappa shape index (κ1) is 20.4. The number of benzene rings is 2. The highest BCUT2D eigenvalue weighted by molar-refractivity contribution is 5.79. The van der Waals surface area contributed by atoms with Gasteiger partial charge in [0.1, 0.15) is 5.82 Å². The molecular formula is C20H26FN3O3. The van der Waals surface area contributed by atoms with Gasteiger partial charge in [-0.15, -0.1) is 0 Å². The molecule has 0 aliphatic carbocycles. The monoisotopic (exact) mass is 375 g/mol. The summed E-state index contributed by atoms with van der Waals surface area (Å²) in [7, 11) is 4.71. The van der Waals surface area contributed by atoms with Crippen molar-refractivity contribution in [2.75, 3.05) is 27.9 Å². The van der Waals surface area contributed by atoms with Crippen LogP contribution in [0.3, 0.4) is 0 Å². The van der Waals surface area contributed by atoms with E-state index in [4.69, 9.17) is 14.2 Å². The maximum atomic E-state index is 13.8. The first-order valence-electron chi connectivity index (χ1n) is 8.67. The summed E-state index contributed by atoms with van der Waals surface area (Å²) in [5.41, 5.74) is 1.48. The second-order valence-electron chi connectivity index (χ2n) is 5.67. The minimum atomic E-state index is -0.245. The van der Waals surface area contributed by atoms with Gasteiger partial charge in [0, 0.05) is 18.7 Å². The van der Waals surface area contributed by atoms with E-state index in [1.54, 1.807) is 39.5 Å². The van der Waals surface area contributed by atoms with Crippen LogP contribution in [0.4, 0.5) is 4.39 Å². The Labute approximate surface area is 159 Å². The van der Waals surface area contributed by atoms with Gasteiger partial charge in [0.05, 0.1) is 27.9 Å². The van der Waals surface area contributed by atoms with Crippen LogP contribution in [-0.4, -0.2) is 33.8 Å². The molecule has 0 spiro atoms. The van der Waals surface area contributed by atoms with Crippen molar-refractivity contribution in [3.8, 4) is 17.2 Å². The van der Waals surface area contributed by atoms with Gasteiger partial charge in [-0.3, -0.25) is 0 Å². The van der Waals surface area contributed by atoms with Crippen LogP contribution in [0.15, 0.2) is 41.4 Å². The van der Waals surface area contributed by atoms with Crippen LogP contribution in [-0.2, 0) is 13.1 Å². The predicted octanol–water partition coefficient (Wildman–Crippen LogP) is 3.11. The summed E-state index contributed by atoms with van der Waals surface area (Å²) >= 11 is 0. The molecule has 0 fully saturated rings. The summed E-state index contributed by atoms with van der Waals surface area (Å²) in [6, 6.07) is 10.4. The molecule has 0 saturated heterocycles. The lowest BCUT2D eigenvalue weighted by atomic mass is 10.2. The Bertz CT molecular complexity index is 756. The minimum absolute atomic E-state index is 0.245. The third-order valence-electron chi connectivity index (χ3n) is 3.89. The number of hydrogen-bond acceptors (Lipinski definition) is 4. The number of aliphatic imine (C=N–C) groups is 1. The molecule has 146 valence electrons. The first-order chi connectivity index (χ1) is 13.1. The largest absolute Gasteiger partial charge is 0.493 e. The Morgan fingerprint density at radius 3 is 2.22 bits per heavy atom. The fourth-order valence-corrected chi connectivity index (χ4v) is 2.56. The molecule has 0 aliphatic heterocycles. The summed E-state index contributed by atoms with van der Waals surface area (Å²) in [5.74, 6) is 2.04. The van der Waals surface area contributed by atoms with Crippen molar-refractivity contribution in [3.05, 3.63) is 53.3 Å². The maximum absolute atomic E-state index is 13.8. The molecule has 2 rings (SSSR count). The van der Waals surface area contributed by atoms with Crippen molar-refractivity contribution in [2.45, 2.75) is 20.0 Å². The van der Waals surface area contributed by atoms with Gasteiger partial charge in [-0.2, -0.15) is 0 Å². The van der Waals surface area contributed by atoms with Crippen molar-refractivity contribution < 1.29 is 18.6 Å². The van der Waals surface area contributed by atoms with Gasteiger partial charge in [-0.05, 0) is 30.7 Å². The normalized spacial score (nSPS) is 11.1. The lowest BCUT2D eigenvalue weighted by Gasteiger charge is -2.14. The zero-order valence-corrected chi connectivity index (χ0v) is 16.1. The van der Waals surface area contributed by atoms with E-state index >= 15 is 0 Å². The lowest BCUT2D eigenvalue weighted by molar-refractivity contribution is 0.324. The highest BCUT2D eigenvalue weighted by Crippen LogP contribution is 2.38. The molecule has 0 bridgehead atoms. The smallest absolute Gasteiger partial charge is 0.203 e. The van der Waals surface area contributed by atoms with E-state index in [0.717, 1.165) is 5.56 Å². The van der Waals surface area contributed by atoms with Crippen LogP contribution in [0.1, 0.15) is 18.1 Å². The molecular weight excluding hydrogens is 349 g/mol. The fourth-order valence-electron chi connectivity index (χ4n) is 2.56. The summed E-state index contributed by atoms with van der Waals surface area (Å²) in [6.45, 7) is 3.40. The maximum Gasteiger partial charge on any atom is 0.203 e. The Morgan fingerprint density at radius 1 is 1.00 bits per heavy atom.